The van der Waals surface area contributed by atoms with E-state index in [1.54, 1.807) is 18.2 Å². The number of imidazole rings is 1. The number of urea groups is 1. The highest BCUT2D eigenvalue weighted by Gasteiger charge is 2.20. The molecule has 2 amide bonds. The standard InChI is InChI=1S/C21H20ClN5O2/c1-21(2,3)15-12-16(26-29-15)24-20(28)23-14-9-7-13(8-10-14)18-19(22)27-11-5-4-6-17(27)25-18/h4-12H,1-3H3,(H2,23,24,26,28). The number of aromatic nitrogens is 3. The third-order valence-electron chi connectivity index (χ3n) is 4.38. The number of nitrogens with one attached hydrogen (secondary N) is 2. The van der Waals surface area contributed by atoms with Crippen LogP contribution in [0.3, 0.4) is 0 Å². The molecule has 4 aromatic rings. The number of amides is 2. The Labute approximate surface area is 172 Å². The number of pyridine rings is 1. The average Bonchev–Trinajstić information content (AvgIpc) is 3.28. The van der Waals surface area contributed by atoms with Crippen LogP contribution in [0.25, 0.3) is 16.9 Å². The van der Waals surface area contributed by atoms with E-state index in [-0.39, 0.29) is 5.41 Å². The van der Waals surface area contributed by atoms with E-state index in [1.807, 2.05) is 61.7 Å². The summed E-state index contributed by atoms with van der Waals surface area (Å²) in [6.07, 6.45) is 1.86. The molecule has 0 unspecified atom stereocenters. The van der Waals surface area contributed by atoms with Gasteiger partial charge in [-0.15, -0.1) is 0 Å². The van der Waals surface area contributed by atoms with Crippen molar-refractivity contribution in [3.8, 4) is 11.3 Å². The van der Waals surface area contributed by atoms with Crippen molar-refractivity contribution in [2.45, 2.75) is 26.2 Å². The van der Waals surface area contributed by atoms with Crippen molar-refractivity contribution < 1.29 is 9.32 Å². The number of rotatable bonds is 3. The van der Waals surface area contributed by atoms with Gasteiger partial charge in [0.05, 0.1) is 0 Å². The van der Waals surface area contributed by atoms with Crippen molar-refractivity contribution in [1.82, 2.24) is 14.5 Å². The summed E-state index contributed by atoms with van der Waals surface area (Å²) < 4.78 is 7.09. The summed E-state index contributed by atoms with van der Waals surface area (Å²) in [6.45, 7) is 6.02. The molecule has 0 bridgehead atoms. The molecule has 0 aliphatic carbocycles. The predicted octanol–water partition coefficient (Wildman–Crippen LogP) is 5.58. The molecule has 1 aromatic carbocycles. The largest absolute Gasteiger partial charge is 0.359 e. The first kappa shape index (κ1) is 19.0. The van der Waals surface area contributed by atoms with Gasteiger partial charge in [-0.2, -0.15) is 0 Å². The normalized spacial score (nSPS) is 11.6. The molecule has 0 fully saturated rings. The van der Waals surface area contributed by atoms with Gasteiger partial charge in [0, 0.05) is 28.9 Å². The molecule has 3 aromatic heterocycles. The number of hydrogen-bond acceptors (Lipinski definition) is 4. The molecule has 0 radical (unpaired) electrons. The topological polar surface area (TPSA) is 84.5 Å². The molecule has 0 aliphatic rings. The summed E-state index contributed by atoms with van der Waals surface area (Å²) >= 11 is 6.44. The van der Waals surface area contributed by atoms with E-state index in [9.17, 15) is 4.79 Å². The second-order valence-electron chi connectivity index (χ2n) is 7.66. The smallest absolute Gasteiger partial charge is 0.324 e. The number of nitrogens with zero attached hydrogens (tertiary/aromatic N) is 3. The molecule has 29 heavy (non-hydrogen) atoms. The summed E-state index contributed by atoms with van der Waals surface area (Å²) in [5.41, 5.74) is 2.77. The molecule has 7 nitrogen and oxygen atoms in total. The van der Waals surface area contributed by atoms with Crippen molar-refractivity contribution in [2.75, 3.05) is 10.6 Å². The van der Waals surface area contributed by atoms with Gasteiger partial charge in [-0.3, -0.25) is 9.72 Å². The van der Waals surface area contributed by atoms with Gasteiger partial charge >= 0.3 is 6.03 Å². The van der Waals surface area contributed by atoms with E-state index in [2.05, 4.69) is 20.8 Å². The maximum Gasteiger partial charge on any atom is 0.324 e. The minimum absolute atomic E-state index is 0.182. The van der Waals surface area contributed by atoms with E-state index in [1.165, 1.54) is 0 Å². The third kappa shape index (κ3) is 3.95. The van der Waals surface area contributed by atoms with Crippen LogP contribution in [0.1, 0.15) is 26.5 Å². The van der Waals surface area contributed by atoms with Crippen molar-refractivity contribution in [3.05, 3.63) is 65.6 Å². The number of anilines is 2. The van der Waals surface area contributed by atoms with Crippen molar-refractivity contribution >= 4 is 34.8 Å². The van der Waals surface area contributed by atoms with Crippen LogP contribution in [0.4, 0.5) is 16.3 Å². The Balaban J connectivity index is 1.46. The molecular weight excluding hydrogens is 390 g/mol. The van der Waals surface area contributed by atoms with E-state index < -0.39 is 6.03 Å². The third-order valence-corrected chi connectivity index (χ3v) is 4.74. The highest BCUT2D eigenvalue weighted by Crippen LogP contribution is 2.29. The van der Waals surface area contributed by atoms with Gasteiger partial charge in [0.25, 0.3) is 0 Å². The van der Waals surface area contributed by atoms with Crippen molar-refractivity contribution in [3.63, 3.8) is 0 Å². The van der Waals surface area contributed by atoms with Crippen LogP contribution in [0.15, 0.2) is 59.3 Å². The van der Waals surface area contributed by atoms with Gasteiger partial charge in [-0.25, -0.2) is 9.78 Å². The summed E-state index contributed by atoms with van der Waals surface area (Å²) in [5, 5.41) is 9.85. The van der Waals surface area contributed by atoms with E-state index in [0.717, 1.165) is 11.2 Å². The zero-order valence-corrected chi connectivity index (χ0v) is 17.0. The number of carbonyl (C=O) groups excluding carboxylic acids is 1. The molecule has 0 atom stereocenters. The van der Waals surface area contributed by atoms with Gasteiger partial charge in [-0.05, 0) is 24.3 Å². The number of fused-ring (bicyclic) bond motifs is 1. The number of halogens is 1. The maximum atomic E-state index is 12.2. The molecule has 0 saturated carbocycles. The Bertz CT molecular complexity index is 1170. The maximum absolute atomic E-state index is 12.2. The highest BCUT2D eigenvalue weighted by atomic mass is 35.5. The molecule has 8 heteroatoms. The summed E-state index contributed by atoms with van der Waals surface area (Å²) in [7, 11) is 0. The van der Waals surface area contributed by atoms with Crippen LogP contribution in [-0.4, -0.2) is 20.6 Å². The van der Waals surface area contributed by atoms with E-state index >= 15 is 0 Å². The summed E-state index contributed by atoms with van der Waals surface area (Å²) in [4.78, 5) is 16.8. The average molecular weight is 410 g/mol. The molecule has 3 heterocycles. The molecule has 148 valence electrons. The Morgan fingerprint density at radius 1 is 1.10 bits per heavy atom. The van der Waals surface area contributed by atoms with Crippen LogP contribution in [0.2, 0.25) is 5.15 Å². The lowest BCUT2D eigenvalue weighted by Crippen LogP contribution is -2.19. The number of hydrogen-bond donors (Lipinski definition) is 2. The Morgan fingerprint density at radius 2 is 1.86 bits per heavy atom. The van der Waals surface area contributed by atoms with Crippen LogP contribution in [-0.2, 0) is 5.41 Å². The zero-order valence-electron chi connectivity index (χ0n) is 16.2. The molecule has 4 rings (SSSR count). The van der Waals surface area contributed by atoms with Gasteiger partial charge in [0.1, 0.15) is 22.3 Å². The second-order valence-corrected chi connectivity index (χ2v) is 8.02. The first-order valence-electron chi connectivity index (χ1n) is 9.09. The molecular formula is C21H20ClN5O2. The lowest BCUT2D eigenvalue weighted by Gasteiger charge is -2.12. The van der Waals surface area contributed by atoms with Crippen LogP contribution in [0, 0.1) is 0 Å². The zero-order chi connectivity index (χ0) is 20.6. The fourth-order valence-electron chi connectivity index (χ4n) is 2.83. The van der Waals surface area contributed by atoms with E-state index in [0.29, 0.717) is 28.1 Å². The first-order valence-corrected chi connectivity index (χ1v) is 9.47. The van der Waals surface area contributed by atoms with Gasteiger partial charge in [-0.1, -0.05) is 55.7 Å². The van der Waals surface area contributed by atoms with Crippen molar-refractivity contribution in [2.24, 2.45) is 0 Å². The van der Waals surface area contributed by atoms with Gasteiger partial charge in [0.2, 0.25) is 0 Å². The second kappa shape index (κ2) is 7.25. The summed E-state index contributed by atoms with van der Waals surface area (Å²) in [5.74, 6) is 1.06. The Hall–Kier alpha value is -3.32. The number of benzene rings is 1. The monoisotopic (exact) mass is 409 g/mol. The van der Waals surface area contributed by atoms with Crippen LogP contribution >= 0.6 is 11.6 Å². The number of carbonyl (C=O) groups is 1. The summed E-state index contributed by atoms with van der Waals surface area (Å²) in [6, 6.07) is 14.3. The van der Waals surface area contributed by atoms with Crippen LogP contribution in [0.5, 0.6) is 0 Å². The first-order chi connectivity index (χ1) is 13.8. The van der Waals surface area contributed by atoms with Crippen molar-refractivity contribution in [1.29, 1.82) is 0 Å². The minimum atomic E-state index is -0.405. The van der Waals surface area contributed by atoms with Gasteiger partial charge < -0.3 is 9.84 Å². The minimum Gasteiger partial charge on any atom is -0.359 e. The Morgan fingerprint density at radius 3 is 2.52 bits per heavy atom. The SMILES string of the molecule is CC(C)(C)c1cc(NC(=O)Nc2ccc(-c3nc4ccccn4c3Cl)cc2)no1. The Kier molecular flexibility index (Phi) is 4.76. The highest BCUT2D eigenvalue weighted by molar-refractivity contribution is 6.32. The fourth-order valence-corrected chi connectivity index (χ4v) is 3.12. The molecule has 0 spiro atoms. The quantitative estimate of drug-likeness (QED) is 0.462. The lowest BCUT2D eigenvalue weighted by molar-refractivity contribution is 0.262. The molecule has 0 aliphatic heterocycles. The van der Waals surface area contributed by atoms with Crippen LogP contribution < -0.4 is 10.6 Å². The molecule has 2 N–H and O–H groups in total. The molecule has 0 saturated heterocycles. The van der Waals surface area contributed by atoms with E-state index in [4.69, 9.17) is 16.1 Å². The van der Waals surface area contributed by atoms with Gasteiger partial charge in [0.15, 0.2) is 5.82 Å². The lowest BCUT2D eigenvalue weighted by atomic mass is 9.93. The predicted molar refractivity (Wildman–Crippen MR) is 113 cm³/mol. The fraction of sp³-hybridized carbons (Fsp3) is 0.190.